The standard InChI is InChI=1S/C48H43S2Si.2ClH.Zr/c1-29-19-21-45(49-29)39-25-41-37(23-33-15-9-17-35(33)47(41)31-11-5-3-6-12-31)43(39)27-51-28-44-38-24-34-16-10-18-36(34)48(32-13-7-4-8-14-32)42(38)26-40(44)46-22-20-30(2)50-46;;;/h3-8,11-14,19-26,43-44,51H,9-10,15-18,27-28H2,1-2H3;2*1H;/q;;;+2/p-2. The first-order chi connectivity index (χ1) is 26.4. The summed E-state index contributed by atoms with van der Waals surface area (Å²) in [5.74, 6) is -0.926. The quantitative estimate of drug-likeness (QED) is 0.127. The van der Waals surface area contributed by atoms with Crippen LogP contribution in [0.5, 0.6) is 0 Å². The van der Waals surface area contributed by atoms with Gasteiger partial charge in [-0.2, -0.15) is 0 Å². The van der Waals surface area contributed by atoms with E-state index in [0.717, 1.165) is 12.1 Å². The molecule has 0 nitrogen and oxygen atoms in total. The number of thiophene rings is 2. The van der Waals surface area contributed by atoms with E-state index >= 15 is 0 Å². The molecule has 0 radical (unpaired) electrons. The van der Waals surface area contributed by atoms with E-state index in [1.54, 1.807) is 22.3 Å². The third-order valence-electron chi connectivity index (χ3n) is 12.6. The molecule has 6 aromatic rings. The fraction of sp³-hybridized carbons (Fsp3) is 0.250. The molecular formula is C48H43Cl2S2SiZr. The Bertz CT molecular complexity index is 2300. The van der Waals surface area contributed by atoms with Crippen LogP contribution in [-0.4, -0.2) is 5.92 Å². The van der Waals surface area contributed by atoms with Crippen LogP contribution in [0.1, 0.15) is 88.7 Å². The number of halogens is 2. The van der Waals surface area contributed by atoms with E-state index in [0.29, 0.717) is 11.8 Å². The van der Waals surface area contributed by atoms with Gasteiger partial charge in [0.25, 0.3) is 0 Å². The predicted molar refractivity (Wildman–Crippen MR) is 236 cm³/mol. The second kappa shape index (κ2) is 14.7. The normalized spacial score (nSPS) is 18.6. The first-order valence-corrected chi connectivity index (χ1v) is 34.1. The van der Waals surface area contributed by atoms with Crippen molar-refractivity contribution in [1.29, 1.82) is 0 Å². The van der Waals surface area contributed by atoms with E-state index in [-0.39, 0.29) is 0 Å². The van der Waals surface area contributed by atoms with Gasteiger partial charge < -0.3 is 0 Å². The summed E-state index contributed by atoms with van der Waals surface area (Å²) in [7, 11) is 15.0. The monoisotopic (exact) mass is 871 g/mol. The fourth-order valence-corrected chi connectivity index (χ4v) is 27.2. The number of aryl methyl sites for hydroxylation is 4. The first-order valence-electron chi connectivity index (χ1n) is 19.6. The van der Waals surface area contributed by atoms with Crippen LogP contribution in [-0.2, 0) is 44.2 Å². The molecule has 0 amide bonds. The van der Waals surface area contributed by atoms with Gasteiger partial charge in [0.15, 0.2) is 0 Å². The van der Waals surface area contributed by atoms with Crippen LogP contribution in [0.4, 0.5) is 0 Å². The van der Waals surface area contributed by atoms with Gasteiger partial charge in [0.1, 0.15) is 0 Å². The van der Waals surface area contributed by atoms with Crippen molar-refractivity contribution in [3.63, 3.8) is 0 Å². The van der Waals surface area contributed by atoms with Crippen molar-refractivity contribution < 1.29 is 18.5 Å². The predicted octanol–water partition coefficient (Wildman–Crippen LogP) is 14.4. The summed E-state index contributed by atoms with van der Waals surface area (Å²) in [4.78, 5) is 5.57. The molecule has 54 heavy (non-hydrogen) atoms. The van der Waals surface area contributed by atoms with E-state index < -0.39 is 24.4 Å². The second-order valence-corrected chi connectivity index (χ2v) is 41.9. The zero-order chi connectivity index (χ0) is 36.5. The minimum atomic E-state index is -2.69. The van der Waals surface area contributed by atoms with Crippen LogP contribution >= 0.6 is 39.7 Å². The molecule has 4 aromatic carbocycles. The number of fused-ring (bicyclic) bond motifs is 4. The third kappa shape index (κ3) is 6.32. The molecular weight excluding hydrogens is 831 g/mol. The van der Waals surface area contributed by atoms with Crippen molar-refractivity contribution >= 4 is 68.9 Å². The molecule has 0 saturated carbocycles. The van der Waals surface area contributed by atoms with Gasteiger partial charge in [0.2, 0.25) is 0 Å². The van der Waals surface area contributed by atoms with Gasteiger partial charge in [-0.1, -0.05) is 0 Å². The van der Waals surface area contributed by atoms with E-state index in [2.05, 4.69) is 123 Å². The fourth-order valence-electron chi connectivity index (χ4n) is 10.2. The summed E-state index contributed by atoms with van der Waals surface area (Å²) in [5, 5.41) is 0. The Morgan fingerprint density at radius 3 is 1.43 bits per heavy atom. The number of rotatable bonds is 9. The van der Waals surface area contributed by atoms with E-state index in [4.69, 9.17) is 17.0 Å². The van der Waals surface area contributed by atoms with Crippen molar-refractivity contribution in [3.05, 3.63) is 161 Å². The van der Waals surface area contributed by atoms with E-state index in [1.165, 1.54) is 114 Å². The SMILES string of the molecule is Cc1ccc(C2=Cc3c(cc4c(c3-c3ccccc3)CCC4)C2C[SiH](CC2C(c3ccc(C)s3)=Cc3c2cc2c(c3-c3ccccc3)CCC2)[Zr]([Cl])[Cl])s1. The Morgan fingerprint density at radius 2 is 1.04 bits per heavy atom. The zero-order valence-electron chi connectivity index (χ0n) is 30.9. The average Bonchev–Trinajstić information content (AvgIpc) is 4.04. The Morgan fingerprint density at radius 1 is 0.593 bits per heavy atom. The van der Waals surface area contributed by atoms with Crippen molar-refractivity contribution in [2.24, 2.45) is 0 Å². The zero-order valence-corrected chi connectivity index (χ0v) is 37.6. The van der Waals surface area contributed by atoms with Crippen molar-refractivity contribution in [2.75, 3.05) is 0 Å². The molecule has 2 unspecified atom stereocenters. The van der Waals surface area contributed by atoms with Crippen LogP contribution < -0.4 is 0 Å². The van der Waals surface area contributed by atoms with E-state index in [9.17, 15) is 0 Å². The molecule has 10 rings (SSSR count). The summed E-state index contributed by atoms with van der Waals surface area (Å²) in [6, 6.07) is 39.3. The van der Waals surface area contributed by atoms with Gasteiger partial charge >= 0.3 is 347 Å². The summed E-state index contributed by atoms with van der Waals surface area (Å²) in [6.45, 7) is 4.49. The third-order valence-corrected chi connectivity index (χ3v) is 36.3. The molecule has 2 aromatic heterocycles. The molecule has 2 atom stereocenters. The topological polar surface area (TPSA) is 0 Å². The maximum absolute atomic E-state index is 7.48. The number of hydrogen-bond donors (Lipinski definition) is 0. The molecule has 0 fully saturated rings. The van der Waals surface area contributed by atoms with Crippen LogP contribution in [0.15, 0.2) is 97.1 Å². The number of allylic oxidation sites excluding steroid dienone is 2. The Hall–Kier alpha value is -2.56. The van der Waals surface area contributed by atoms with Crippen LogP contribution in [0.25, 0.3) is 45.6 Å². The second-order valence-electron chi connectivity index (χ2n) is 15.8. The molecule has 0 spiro atoms. The summed E-state index contributed by atoms with van der Waals surface area (Å²) in [6.07, 6.45) is 12.4. The molecule has 0 N–H and O–H groups in total. The maximum atomic E-state index is 7.48. The van der Waals surface area contributed by atoms with Crippen LogP contribution in [0.3, 0.4) is 0 Å². The molecule has 0 aliphatic heterocycles. The summed E-state index contributed by atoms with van der Waals surface area (Å²) in [5.41, 5.74) is 20.9. The van der Waals surface area contributed by atoms with E-state index in [1.807, 2.05) is 22.7 Å². The Balaban J connectivity index is 1.10. The molecule has 4 aliphatic carbocycles. The van der Waals surface area contributed by atoms with Crippen molar-refractivity contribution in [1.82, 2.24) is 0 Å². The molecule has 2 heterocycles. The molecule has 269 valence electrons. The van der Waals surface area contributed by atoms with Gasteiger partial charge in [-0.15, -0.1) is 0 Å². The van der Waals surface area contributed by atoms with Crippen molar-refractivity contribution in [2.45, 2.75) is 76.3 Å². The Kier molecular flexibility index (Phi) is 9.78. The van der Waals surface area contributed by atoms with Crippen LogP contribution in [0, 0.1) is 13.8 Å². The first kappa shape index (κ1) is 35.8. The summed E-state index contributed by atoms with van der Waals surface area (Å²) >= 11 is 1.21. The van der Waals surface area contributed by atoms with Crippen LogP contribution in [0.2, 0.25) is 12.1 Å². The van der Waals surface area contributed by atoms with Gasteiger partial charge in [-0.05, 0) is 0 Å². The van der Waals surface area contributed by atoms with Crippen molar-refractivity contribution in [3.8, 4) is 22.3 Å². The molecule has 4 aliphatic rings. The van der Waals surface area contributed by atoms with Gasteiger partial charge in [-0.3, -0.25) is 0 Å². The average molecular weight is 874 g/mol. The molecule has 0 saturated heterocycles. The Labute approximate surface area is 343 Å². The van der Waals surface area contributed by atoms with Gasteiger partial charge in [0, 0.05) is 0 Å². The van der Waals surface area contributed by atoms with Gasteiger partial charge in [-0.25, -0.2) is 0 Å². The number of benzene rings is 4. The summed E-state index contributed by atoms with van der Waals surface area (Å²) < 4.78 is 0. The molecule has 0 bridgehead atoms. The number of hydrogen-bond acceptors (Lipinski definition) is 2. The minimum absolute atomic E-state index is 0.341. The molecule has 6 heteroatoms. The van der Waals surface area contributed by atoms with Gasteiger partial charge in [0.05, 0.1) is 0 Å².